The molecule has 0 saturated carbocycles. The van der Waals surface area contributed by atoms with Gasteiger partial charge in [0.2, 0.25) is 5.88 Å². The molecule has 0 unspecified atom stereocenters. The minimum atomic E-state index is -0.394. The van der Waals surface area contributed by atoms with Crippen LogP contribution in [-0.2, 0) is 13.0 Å². The van der Waals surface area contributed by atoms with Crippen LogP contribution in [0, 0.1) is 5.92 Å². The Balaban J connectivity index is 2.00. The van der Waals surface area contributed by atoms with E-state index in [2.05, 4.69) is 32.3 Å². The van der Waals surface area contributed by atoms with Crippen molar-refractivity contribution in [3.05, 3.63) is 84.6 Å². The quantitative estimate of drug-likeness (QED) is 0.326. The van der Waals surface area contributed by atoms with E-state index < -0.39 is 6.10 Å². The number of hydrogen-bond acceptors (Lipinski definition) is 4. The summed E-state index contributed by atoms with van der Waals surface area (Å²) >= 11 is 0. The van der Waals surface area contributed by atoms with E-state index in [4.69, 9.17) is 9.84 Å². The zero-order valence-corrected chi connectivity index (χ0v) is 20.2. The molecule has 0 saturated heterocycles. The van der Waals surface area contributed by atoms with Crippen LogP contribution in [0.4, 0.5) is 0 Å². The second-order valence-corrected chi connectivity index (χ2v) is 8.85. The Kier molecular flexibility index (Phi) is 9.28. The van der Waals surface area contributed by atoms with E-state index in [1.165, 1.54) is 0 Å². The Morgan fingerprint density at radius 2 is 1.73 bits per heavy atom. The first-order valence-corrected chi connectivity index (χ1v) is 11.9. The van der Waals surface area contributed by atoms with E-state index in [0.29, 0.717) is 19.0 Å². The normalized spacial score (nSPS) is 12.3. The number of hydrogen-bond donors (Lipinski definition) is 1. The minimum Gasteiger partial charge on any atom is -0.439 e. The number of nitrogens with zero attached hydrogens (tertiary/aromatic N) is 3. The molecule has 1 atom stereocenters. The van der Waals surface area contributed by atoms with Crippen molar-refractivity contribution in [2.75, 3.05) is 13.1 Å². The van der Waals surface area contributed by atoms with Crippen LogP contribution in [0.3, 0.4) is 0 Å². The smallest absolute Gasteiger partial charge is 0.227 e. The van der Waals surface area contributed by atoms with E-state index in [1.807, 2.05) is 71.4 Å². The summed E-state index contributed by atoms with van der Waals surface area (Å²) in [6.07, 6.45) is 3.80. The number of rotatable bonds is 13. The molecule has 5 nitrogen and oxygen atoms in total. The first-order valence-electron chi connectivity index (χ1n) is 11.9. The number of aromatic nitrogens is 2. The summed E-state index contributed by atoms with van der Waals surface area (Å²) in [4.78, 5) is 2.32. The molecule has 0 aliphatic carbocycles. The number of aryl methyl sites for hydroxylation is 1. The SMILES string of the molecule is C=CCC[C@H](O)CN(Cc1c(CC)nn(-c2ccccc2)c1Oc1ccccc1)CC(C)C. The predicted octanol–water partition coefficient (Wildman–Crippen LogP) is 6.01. The third kappa shape index (κ3) is 7.04. The van der Waals surface area contributed by atoms with E-state index in [9.17, 15) is 5.11 Å². The lowest BCUT2D eigenvalue weighted by atomic mass is 10.1. The van der Waals surface area contributed by atoms with Crippen LogP contribution in [0.2, 0.25) is 0 Å². The van der Waals surface area contributed by atoms with Gasteiger partial charge in [-0.25, -0.2) is 4.68 Å². The molecule has 0 radical (unpaired) electrons. The Hall–Kier alpha value is -2.89. The highest BCUT2D eigenvalue weighted by Gasteiger charge is 2.24. The van der Waals surface area contributed by atoms with Gasteiger partial charge < -0.3 is 9.84 Å². The monoisotopic (exact) mass is 447 g/mol. The fraction of sp³-hybridized carbons (Fsp3) is 0.393. The van der Waals surface area contributed by atoms with Crippen LogP contribution >= 0.6 is 0 Å². The van der Waals surface area contributed by atoms with Gasteiger partial charge in [-0.05, 0) is 49.4 Å². The van der Waals surface area contributed by atoms with Crippen LogP contribution < -0.4 is 4.74 Å². The van der Waals surface area contributed by atoms with Gasteiger partial charge in [-0.2, -0.15) is 5.10 Å². The molecule has 0 bridgehead atoms. The van der Waals surface area contributed by atoms with Crippen molar-refractivity contribution in [3.63, 3.8) is 0 Å². The summed E-state index contributed by atoms with van der Waals surface area (Å²) in [6.45, 7) is 12.5. The van der Waals surface area contributed by atoms with Gasteiger partial charge in [-0.3, -0.25) is 4.90 Å². The van der Waals surface area contributed by atoms with E-state index in [1.54, 1.807) is 0 Å². The van der Waals surface area contributed by atoms with Crippen molar-refractivity contribution in [2.45, 2.75) is 52.7 Å². The molecule has 1 aromatic heterocycles. The maximum atomic E-state index is 10.6. The molecule has 33 heavy (non-hydrogen) atoms. The van der Waals surface area contributed by atoms with E-state index in [-0.39, 0.29) is 0 Å². The molecule has 176 valence electrons. The first kappa shape index (κ1) is 24.7. The molecule has 0 aliphatic rings. The summed E-state index contributed by atoms with van der Waals surface area (Å²) in [5.74, 6) is 1.99. The third-order valence-corrected chi connectivity index (χ3v) is 5.49. The Bertz CT molecular complexity index is 983. The average Bonchev–Trinajstić information content (AvgIpc) is 3.15. The maximum Gasteiger partial charge on any atom is 0.227 e. The molecule has 1 heterocycles. The molecular weight excluding hydrogens is 410 g/mol. The summed E-state index contributed by atoms with van der Waals surface area (Å²) in [5, 5.41) is 15.6. The lowest BCUT2D eigenvalue weighted by molar-refractivity contribution is 0.0951. The summed E-state index contributed by atoms with van der Waals surface area (Å²) in [5.41, 5.74) is 3.05. The number of aliphatic hydroxyl groups excluding tert-OH is 1. The van der Waals surface area contributed by atoms with Gasteiger partial charge in [0, 0.05) is 19.6 Å². The van der Waals surface area contributed by atoms with Crippen LogP contribution in [0.1, 0.15) is 44.9 Å². The first-order chi connectivity index (χ1) is 16.0. The van der Waals surface area contributed by atoms with Gasteiger partial charge in [0.1, 0.15) is 5.75 Å². The number of allylic oxidation sites excluding steroid dienone is 1. The molecule has 5 heteroatoms. The maximum absolute atomic E-state index is 10.6. The van der Waals surface area contributed by atoms with E-state index >= 15 is 0 Å². The van der Waals surface area contributed by atoms with Crippen molar-refractivity contribution in [1.82, 2.24) is 14.7 Å². The van der Waals surface area contributed by atoms with Gasteiger partial charge in [-0.15, -0.1) is 6.58 Å². The molecule has 3 rings (SSSR count). The zero-order valence-electron chi connectivity index (χ0n) is 20.2. The highest BCUT2D eigenvalue weighted by Crippen LogP contribution is 2.32. The second-order valence-electron chi connectivity index (χ2n) is 8.85. The fourth-order valence-corrected chi connectivity index (χ4v) is 4.01. The topological polar surface area (TPSA) is 50.5 Å². The highest BCUT2D eigenvalue weighted by atomic mass is 16.5. The Labute approximate surface area is 198 Å². The number of para-hydroxylation sites is 2. The Morgan fingerprint density at radius 3 is 2.33 bits per heavy atom. The molecule has 0 spiro atoms. The molecule has 2 aromatic carbocycles. The van der Waals surface area contributed by atoms with Gasteiger partial charge in [0.05, 0.1) is 23.0 Å². The lowest BCUT2D eigenvalue weighted by Crippen LogP contribution is -2.35. The molecule has 0 aliphatic heterocycles. The van der Waals surface area contributed by atoms with Crippen LogP contribution in [-0.4, -0.2) is 39.0 Å². The molecule has 0 fully saturated rings. The predicted molar refractivity (Wildman–Crippen MR) is 135 cm³/mol. The highest BCUT2D eigenvalue weighted by molar-refractivity contribution is 5.43. The number of ether oxygens (including phenoxy) is 1. The van der Waals surface area contributed by atoms with Crippen LogP contribution in [0.15, 0.2) is 73.3 Å². The number of aliphatic hydroxyl groups is 1. The summed E-state index contributed by atoms with van der Waals surface area (Å²) in [7, 11) is 0. The van der Waals surface area contributed by atoms with Crippen molar-refractivity contribution in [1.29, 1.82) is 0 Å². The van der Waals surface area contributed by atoms with Gasteiger partial charge in [0.25, 0.3) is 0 Å². The zero-order chi connectivity index (χ0) is 23.6. The number of benzene rings is 2. The van der Waals surface area contributed by atoms with Crippen molar-refractivity contribution >= 4 is 0 Å². The minimum absolute atomic E-state index is 0.394. The van der Waals surface area contributed by atoms with Gasteiger partial charge >= 0.3 is 0 Å². The average molecular weight is 448 g/mol. The molecular formula is C28H37N3O2. The van der Waals surface area contributed by atoms with Gasteiger partial charge in [0.15, 0.2) is 0 Å². The van der Waals surface area contributed by atoms with Crippen molar-refractivity contribution in [3.8, 4) is 17.3 Å². The standard InChI is InChI=1S/C28H37N3O2/c1-5-7-16-24(32)20-30(19-22(3)4)21-26-27(6-2)29-31(23-14-10-8-11-15-23)28(26)33-25-17-12-9-13-18-25/h5,8-15,17-18,22,24,32H,1,6-7,16,19-21H2,2-4H3/t24-/m0/s1. The fourth-order valence-electron chi connectivity index (χ4n) is 4.01. The summed E-state index contributed by atoms with van der Waals surface area (Å²) in [6, 6.07) is 19.9. The van der Waals surface area contributed by atoms with Gasteiger partial charge in [-0.1, -0.05) is 63.2 Å². The second kappa shape index (κ2) is 12.4. The summed E-state index contributed by atoms with van der Waals surface area (Å²) < 4.78 is 8.36. The molecule has 3 aromatic rings. The van der Waals surface area contributed by atoms with Crippen LogP contribution in [0.25, 0.3) is 5.69 Å². The van der Waals surface area contributed by atoms with Crippen molar-refractivity contribution in [2.24, 2.45) is 5.92 Å². The van der Waals surface area contributed by atoms with Crippen LogP contribution in [0.5, 0.6) is 11.6 Å². The molecule has 0 amide bonds. The Morgan fingerprint density at radius 1 is 1.06 bits per heavy atom. The van der Waals surface area contributed by atoms with Crippen molar-refractivity contribution < 1.29 is 9.84 Å². The van der Waals surface area contributed by atoms with E-state index in [0.717, 1.165) is 54.4 Å². The largest absolute Gasteiger partial charge is 0.439 e. The molecule has 1 N–H and O–H groups in total. The lowest BCUT2D eigenvalue weighted by Gasteiger charge is -2.27. The third-order valence-electron chi connectivity index (χ3n) is 5.49.